The van der Waals surface area contributed by atoms with E-state index in [9.17, 15) is 24.0 Å². The molecule has 0 spiro atoms. The van der Waals surface area contributed by atoms with Crippen LogP contribution in [0.25, 0.3) is 0 Å². The first-order chi connectivity index (χ1) is 15.2. The zero-order chi connectivity index (χ0) is 24.1. The van der Waals surface area contributed by atoms with Crippen LogP contribution in [-0.4, -0.2) is 48.6 Å². The molecule has 1 atom stereocenters. The van der Waals surface area contributed by atoms with Gasteiger partial charge in [0.2, 0.25) is 11.8 Å². The minimum atomic E-state index is -1.19. The molecule has 2 amide bonds. The van der Waals surface area contributed by atoms with Gasteiger partial charge in [0.15, 0.2) is 0 Å². The number of unbranched alkanes of at least 4 members (excludes halogenated alkanes) is 4. The minimum Gasteiger partial charge on any atom is -0.480 e. The van der Waals surface area contributed by atoms with Gasteiger partial charge in [-0.1, -0.05) is 46.5 Å². The van der Waals surface area contributed by atoms with E-state index in [-0.39, 0.29) is 17.9 Å². The van der Waals surface area contributed by atoms with Crippen LogP contribution >= 0.6 is 0 Å². The maximum Gasteiger partial charge on any atom is 0.322 e. The fourth-order valence-electron chi connectivity index (χ4n) is 3.11. The summed E-state index contributed by atoms with van der Waals surface area (Å²) in [7, 11) is 0. The maximum absolute atomic E-state index is 12.6. The SMILES string of the molecule is CCCCCCCNc1c(NC(CCC(C)C)C(=O)NCC(=O)NCC(=O)O)c(=O)c1=O. The van der Waals surface area contributed by atoms with E-state index < -0.39 is 41.2 Å². The third-order valence-electron chi connectivity index (χ3n) is 5.02. The number of nitrogens with one attached hydrogen (secondary N) is 4. The summed E-state index contributed by atoms with van der Waals surface area (Å²) in [5, 5.41) is 19.1. The number of amides is 2. The van der Waals surface area contributed by atoms with E-state index >= 15 is 0 Å². The van der Waals surface area contributed by atoms with Gasteiger partial charge in [-0.25, -0.2) is 0 Å². The van der Waals surface area contributed by atoms with Crippen LogP contribution in [-0.2, 0) is 14.4 Å². The Morgan fingerprint density at radius 1 is 0.875 bits per heavy atom. The number of carbonyl (C=O) groups is 3. The van der Waals surface area contributed by atoms with Crippen molar-refractivity contribution in [3.8, 4) is 0 Å². The summed E-state index contributed by atoms with van der Waals surface area (Å²) < 4.78 is 0. The third-order valence-corrected chi connectivity index (χ3v) is 5.02. The molecule has 10 heteroatoms. The quantitative estimate of drug-likeness (QED) is 0.174. The van der Waals surface area contributed by atoms with Gasteiger partial charge in [0, 0.05) is 6.54 Å². The zero-order valence-corrected chi connectivity index (χ0v) is 19.2. The van der Waals surface area contributed by atoms with E-state index in [2.05, 4.69) is 28.2 Å². The van der Waals surface area contributed by atoms with Crippen LogP contribution in [0.1, 0.15) is 65.7 Å². The molecule has 0 bridgehead atoms. The second kappa shape index (κ2) is 14.2. The Kier molecular flexibility index (Phi) is 12.0. The van der Waals surface area contributed by atoms with Crippen LogP contribution in [0.3, 0.4) is 0 Å². The standard InChI is InChI=1S/C22H36N4O6/c1-4-5-6-7-8-11-23-18-19(21(31)20(18)30)26-15(10-9-14(2)3)22(32)25-12-16(27)24-13-17(28)29/h14-15,23,26H,4-13H2,1-3H3,(H,24,27)(H,25,32)(H,28,29). The first kappa shape index (κ1) is 27.1. The molecule has 0 heterocycles. The van der Waals surface area contributed by atoms with Crippen molar-refractivity contribution in [2.75, 3.05) is 30.3 Å². The monoisotopic (exact) mass is 452 g/mol. The Hall–Kier alpha value is -2.91. The average molecular weight is 453 g/mol. The third kappa shape index (κ3) is 9.49. The molecular weight excluding hydrogens is 416 g/mol. The first-order valence-corrected chi connectivity index (χ1v) is 11.3. The summed E-state index contributed by atoms with van der Waals surface area (Å²) in [4.78, 5) is 58.9. The number of carboxylic acids is 1. The highest BCUT2D eigenvalue weighted by atomic mass is 16.4. The van der Waals surface area contributed by atoms with Gasteiger partial charge in [-0.05, 0) is 25.2 Å². The molecule has 10 nitrogen and oxygen atoms in total. The molecule has 1 aromatic rings. The molecule has 0 aliphatic heterocycles. The maximum atomic E-state index is 12.6. The summed E-state index contributed by atoms with van der Waals surface area (Å²) in [5.41, 5.74) is -0.966. The molecule has 32 heavy (non-hydrogen) atoms. The number of anilines is 2. The van der Waals surface area contributed by atoms with Gasteiger partial charge in [-0.2, -0.15) is 0 Å². The highest BCUT2D eigenvalue weighted by molar-refractivity contribution is 5.91. The molecule has 0 aliphatic rings. The number of aliphatic carboxylic acids is 1. The Morgan fingerprint density at radius 2 is 1.53 bits per heavy atom. The Morgan fingerprint density at radius 3 is 2.16 bits per heavy atom. The van der Waals surface area contributed by atoms with E-state index in [0.717, 1.165) is 32.1 Å². The molecule has 0 aliphatic carbocycles. The van der Waals surface area contributed by atoms with Crippen LogP contribution in [0.2, 0.25) is 0 Å². The molecular formula is C22H36N4O6. The molecule has 0 radical (unpaired) electrons. The van der Waals surface area contributed by atoms with Crippen molar-refractivity contribution >= 4 is 29.2 Å². The predicted molar refractivity (Wildman–Crippen MR) is 124 cm³/mol. The number of hydrogen-bond acceptors (Lipinski definition) is 7. The second-order valence-electron chi connectivity index (χ2n) is 8.31. The number of rotatable bonds is 17. The number of carboxylic acid groups (broad SMARTS) is 1. The minimum absolute atomic E-state index is 0.0998. The average Bonchev–Trinajstić information content (AvgIpc) is 2.75. The topological polar surface area (TPSA) is 154 Å². The highest BCUT2D eigenvalue weighted by Gasteiger charge is 2.26. The van der Waals surface area contributed by atoms with Crippen LogP contribution in [0.4, 0.5) is 11.4 Å². The van der Waals surface area contributed by atoms with Crippen molar-refractivity contribution in [1.29, 1.82) is 0 Å². The summed E-state index contributed by atoms with van der Waals surface area (Å²) in [5.74, 6) is -2.02. The first-order valence-electron chi connectivity index (χ1n) is 11.3. The Balaban J connectivity index is 2.71. The van der Waals surface area contributed by atoms with Crippen molar-refractivity contribution in [1.82, 2.24) is 10.6 Å². The van der Waals surface area contributed by atoms with Gasteiger partial charge in [-0.3, -0.25) is 24.0 Å². The van der Waals surface area contributed by atoms with Crippen molar-refractivity contribution in [2.45, 2.75) is 71.8 Å². The molecule has 0 saturated carbocycles. The second-order valence-corrected chi connectivity index (χ2v) is 8.31. The largest absolute Gasteiger partial charge is 0.480 e. The van der Waals surface area contributed by atoms with Gasteiger partial charge >= 0.3 is 5.97 Å². The normalized spacial score (nSPS) is 11.9. The van der Waals surface area contributed by atoms with Gasteiger partial charge in [0.25, 0.3) is 10.9 Å². The molecule has 0 saturated heterocycles. The van der Waals surface area contributed by atoms with E-state index in [1.807, 2.05) is 13.8 Å². The lowest BCUT2D eigenvalue weighted by molar-refractivity contribution is -0.137. The van der Waals surface area contributed by atoms with Crippen LogP contribution < -0.4 is 32.1 Å². The molecule has 1 unspecified atom stereocenters. The van der Waals surface area contributed by atoms with Gasteiger partial charge in [0.05, 0.1) is 6.54 Å². The van der Waals surface area contributed by atoms with Crippen LogP contribution in [0.5, 0.6) is 0 Å². The van der Waals surface area contributed by atoms with Crippen LogP contribution in [0, 0.1) is 5.92 Å². The summed E-state index contributed by atoms with van der Waals surface area (Å²) in [6.07, 6.45) is 6.41. The highest BCUT2D eigenvalue weighted by Crippen LogP contribution is 2.18. The molecule has 0 fully saturated rings. The van der Waals surface area contributed by atoms with Crippen molar-refractivity contribution < 1.29 is 19.5 Å². The smallest absolute Gasteiger partial charge is 0.322 e. The van der Waals surface area contributed by atoms with Gasteiger partial charge < -0.3 is 26.4 Å². The van der Waals surface area contributed by atoms with E-state index in [0.29, 0.717) is 25.3 Å². The summed E-state index contributed by atoms with van der Waals surface area (Å²) in [6.45, 7) is 5.76. The van der Waals surface area contributed by atoms with E-state index in [4.69, 9.17) is 5.11 Å². The van der Waals surface area contributed by atoms with Gasteiger partial charge in [-0.15, -0.1) is 0 Å². The molecule has 1 aromatic carbocycles. The van der Waals surface area contributed by atoms with Crippen molar-refractivity contribution in [3.63, 3.8) is 0 Å². The zero-order valence-electron chi connectivity index (χ0n) is 19.2. The summed E-state index contributed by atoms with van der Waals surface area (Å²) in [6, 6.07) is -0.807. The van der Waals surface area contributed by atoms with Crippen LogP contribution in [0.15, 0.2) is 9.59 Å². The predicted octanol–water partition coefficient (Wildman–Crippen LogP) is 1.20. The number of hydrogen-bond donors (Lipinski definition) is 5. The van der Waals surface area contributed by atoms with Gasteiger partial charge in [0.1, 0.15) is 24.0 Å². The Labute approximate surface area is 188 Å². The fourth-order valence-corrected chi connectivity index (χ4v) is 3.11. The molecule has 180 valence electrons. The molecule has 5 N–H and O–H groups in total. The van der Waals surface area contributed by atoms with Crippen molar-refractivity contribution in [2.24, 2.45) is 5.92 Å². The van der Waals surface area contributed by atoms with Crippen molar-refractivity contribution in [3.05, 3.63) is 20.4 Å². The van der Waals surface area contributed by atoms with E-state index in [1.165, 1.54) is 0 Å². The lowest BCUT2D eigenvalue weighted by Gasteiger charge is -2.23. The fraction of sp³-hybridized carbons (Fsp3) is 0.682. The Bertz CT molecular complexity index is 829. The molecule has 0 aromatic heterocycles. The molecule has 1 rings (SSSR count). The van der Waals surface area contributed by atoms with E-state index in [1.54, 1.807) is 0 Å². The number of carbonyl (C=O) groups excluding carboxylic acids is 2. The lowest BCUT2D eigenvalue weighted by atomic mass is 10.0. The summed E-state index contributed by atoms with van der Waals surface area (Å²) >= 11 is 0. The lowest BCUT2D eigenvalue weighted by Crippen LogP contribution is -2.47.